The van der Waals surface area contributed by atoms with Gasteiger partial charge in [0.1, 0.15) is 0 Å². The van der Waals surface area contributed by atoms with Crippen LogP contribution in [0.5, 0.6) is 11.5 Å². The highest BCUT2D eigenvalue weighted by atomic mass is 16.5. The van der Waals surface area contributed by atoms with Gasteiger partial charge in [-0.3, -0.25) is 4.79 Å². The lowest BCUT2D eigenvalue weighted by Crippen LogP contribution is -2.29. The van der Waals surface area contributed by atoms with Crippen molar-refractivity contribution in [3.63, 3.8) is 0 Å². The highest BCUT2D eigenvalue weighted by Crippen LogP contribution is 2.39. The standard InChI is InChI=1S/C21H25N3O3/c1-4-27-17-9-5-15(13-18(17)26-3)6-10-19(25)24-20(16-7-8-16)21-22-12-11-14(2)23-21/h5-6,9-13,16,20H,4,7-8H2,1-3H3,(H,24,25)/b10-6+. The predicted molar refractivity (Wildman–Crippen MR) is 104 cm³/mol. The second-order valence-corrected chi connectivity index (χ2v) is 6.56. The fourth-order valence-corrected chi connectivity index (χ4v) is 2.88. The second kappa shape index (κ2) is 8.66. The molecule has 1 atom stereocenters. The number of hydrogen-bond acceptors (Lipinski definition) is 5. The Hall–Kier alpha value is -2.89. The van der Waals surface area contributed by atoms with E-state index in [1.54, 1.807) is 19.4 Å². The Kier molecular flexibility index (Phi) is 6.06. The monoisotopic (exact) mass is 367 g/mol. The average Bonchev–Trinajstić information content (AvgIpc) is 3.50. The third-order valence-corrected chi connectivity index (χ3v) is 4.40. The van der Waals surface area contributed by atoms with Gasteiger partial charge in [-0.15, -0.1) is 0 Å². The number of ether oxygens (including phenoxy) is 2. The van der Waals surface area contributed by atoms with Gasteiger partial charge in [-0.25, -0.2) is 9.97 Å². The Balaban J connectivity index is 1.69. The first-order valence-corrected chi connectivity index (χ1v) is 9.19. The Morgan fingerprint density at radius 3 is 2.81 bits per heavy atom. The Morgan fingerprint density at radius 1 is 1.33 bits per heavy atom. The van der Waals surface area contributed by atoms with Gasteiger partial charge in [0, 0.05) is 18.0 Å². The van der Waals surface area contributed by atoms with Gasteiger partial charge in [0.05, 0.1) is 19.8 Å². The molecule has 0 radical (unpaired) electrons. The molecule has 142 valence electrons. The summed E-state index contributed by atoms with van der Waals surface area (Å²) in [5, 5.41) is 3.05. The van der Waals surface area contributed by atoms with Crippen molar-refractivity contribution >= 4 is 12.0 Å². The maximum absolute atomic E-state index is 12.4. The van der Waals surface area contributed by atoms with E-state index in [4.69, 9.17) is 9.47 Å². The number of nitrogens with one attached hydrogen (secondary N) is 1. The summed E-state index contributed by atoms with van der Waals surface area (Å²) in [5.74, 6) is 2.26. The predicted octanol–water partition coefficient (Wildman–Crippen LogP) is 3.47. The molecule has 1 saturated carbocycles. The maximum Gasteiger partial charge on any atom is 0.244 e. The van der Waals surface area contributed by atoms with Gasteiger partial charge in [0.15, 0.2) is 17.3 Å². The van der Waals surface area contributed by atoms with E-state index in [2.05, 4.69) is 15.3 Å². The number of carbonyl (C=O) groups is 1. The molecule has 3 rings (SSSR count). The molecule has 0 aliphatic heterocycles. The molecule has 2 aromatic rings. The molecule has 0 spiro atoms. The van der Waals surface area contributed by atoms with Gasteiger partial charge < -0.3 is 14.8 Å². The summed E-state index contributed by atoms with van der Waals surface area (Å²) >= 11 is 0. The molecule has 1 aromatic carbocycles. The van der Waals surface area contributed by atoms with Gasteiger partial charge in [-0.2, -0.15) is 0 Å². The normalized spacial score (nSPS) is 14.8. The summed E-state index contributed by atoms with van der Waals surface area (Å²) in [7, 11) is 1.60. The third-order valence-electron chi connectivity index (χ3n) is 4.40. The number of amides is 1. The SMILES string of the molecule is CCOc1ccc(/C=C/C(=O)NC(c2nccc(C)n2)C2CC2)cc1OC. The number of aromatic nitrogens is 2. The molecule has 1 aromatic heterocycles. The van der Waals surface area contributed by atoms with Crippen LogP contribution < -0.4 is 14.8 Å². The van der Waals surface area contributed by atoms with Crippen LogP contribution in [0.15, 0.2) is 36.5 Å². The number of benzene rings is 1. The van der Waals surface area contributed by atoms with Gasteiger partial charge in [0.25, 0.3) is 0 Å². The van der Waals surface area contributed by atoms with Crippen molar-refractivity contribution in [2.75, 3.05) is 13.7 Å². The molecule has 27 heavy (non-hydrogen) atoms. The molecule has 0 saturated heterocycles. The van der Waals surface area contributed by atoms with Crippen LogP contribution in [0.1, 0.15) is 42.9 Å². The number of methoxy groups -OCH3 is 1. The fourth-order valence-electron chi connectivity index (χ4n) is 2.88. The number of hydrogen-bond donors (Lipinski definition) is 1. The Morgan fingerprint density at radius 2 is 2.15 bits per heavy atom. The molecule has 1 aliphatic rings. The van der Waals surface area contributed by atoms with Gasteiger partial charge in [0.2, 0.25) is 5.91 Å². The van der Waals surface area contributed by atoms with Crippen molar-refractivity contribution < 1.29 is 14.3 Å². The molecule has 1 N–H and O–H groups in total. The first kappa shape index (κ1) is 18.9. The van der Waals surface area contributed by atoms with E-state index in [9.17, 15) is 4.79 Å². The molecular weight excluding hydrogens is 342 g/mol. The molecule has 1 fully saturated rings. The molecule has 1 amide bonds. The van der Waals surface area contributed by atoms with Gasteiger partial charge >= 0.3 is 0 Å². The van der Waals surface area contributed by atoms with Gasteiger partial charge in [-0.1, -0.05) is 6.07 Å². The zero-order valence-corrected chi connectivity index (χ0v) is 15.9. The van der Waals surface area contributed by atoms with E-state index in [-0.39, 0.29) is 11.9 Å². The van der Waals surface area contributed by atoms with Crippen molar-refractivity contribution in [3.05, 3.63) is 53.6 Å². The van der Waals surface area contributed by atoms with Crippen molar-refractivity contribution in [1.82, 2.24) is 15.3 Å². The number of carbonyl (C=O) groups excluding carboxylic acids is 1. The molecule has 1 heterocycles. The van der Waals surface area contributed by atoms with Crippen molar-refractivity contribution in [1.29, 1.82) is 0 Å². The lowest BCUT2D eigenvalue weighted by Gasteiger charge is -2.16. The summed E-state index contributed by atoms with van der Waals surface area (Å²) < 4.78 is 10.9. The topological polar surface area (TPSA) is 73.3 Å². The van der Waals surface area contributed by atoms with Crippen LogP contribution in [0.25, 0.3) is 6.08 Å². The first-order valence-electron chi connectivity index (χ1n) is 9.19. The lowest BCUT2D eigenvalue weighted by atomic mass is 10.1. The van der Waals surface area contributed by atoms with E-state index in [1.807, 2.05) is 38.1 Å². The Bertz CT molecular complexity index is 831. The minimum atomic E-state index is -0.162. The van der Waals surface area contributed by atoms with Crippen molar-refractivity contribution in [3.8, 4) is 11.5 Å². The number of rotatable bonds is 8. The molecule has 1 aliphatic carbocycles. The Labute approximate surface area is 159 Å². The average molecular weight is 367 g/mol. The van der Waals surface area contributed by atoms with Crippen LogP contribution in [0.3, 0.4) is 0 Å². The fraction of sp³-hybridized carbons (Fsp3) is 0.381. The zero-order chi connectivity index (χ0) is 19.2. The summed E-state index contributed by atoms with van der Waals surface area (Å²) in [6, 6.07) is 7.29. The largest absolute Gasteiger partial charge is 0.493 e. The summed E-state index contributed by atoms with van der Waals surface area (Å²) in [6.45, 7) is 4.42. The van der Waals surface area contributed by atoms with E-state index in [1.165, 1.54) is 6.08 Å². The van der Waals surface area contributed by atoms with E-state index >= 15 is 0 Å². The second-order valence-electron chi connectivity index (χ2n) is 6.56. The molecule has 0 bridgehead atoms. The van der Waals surface area contributed by atoms with Gasteiger partial charge in [-0.05, 0) is 62.4 Å². The van der Waals surface area contributed by atoms with E-state index < -0.39 is 0 Å². The highest BCUT2D eigenvalue weighted by molar-refractivity contribution is 5.92. The summed E-state index contributed by atoms with van der Waals surface area (Å²) in [5.41, 5.74) is 1.76. The maximum atomic E-state index is 12.4. The summed E-state index contributed by atoms with van der Waals surface area (Å²) in [6.07, 6.45) is 7.19. The highest BCUT2D eigenvalue weighted by Gasteiger charge is 2.35. The number of aryl methyl sites for hydroxylation is 1. The van der Waals surface area contributed by atoms with Crippen LogP contribution in [0.2, 0.25) is 0 Å². The van der Waals surface area contributed by atoms with E-state index in [0.717, 1.165) is 24.1 Å². The zero-order valence-electron chi connectivity index (χ0n) is 15.9. The third kappa shape index (κ3) is 5.06. The van der Waals surface area contributed by atoms with Crippen molar-refractivity contribution in [2.45, 2.75) is 32.7 Å². The van der Waals surface area contributed by atoms with Crippen LogP contribution in [0, 0.1) is 12.8 Å². The minimum absolute atomic E-state index is 0.142. The lowest BCUT2D eigenvalue weighted by molar-refractivity contribution is -0.117. The molecular formula is C21H25N3O3. The van der Waals surface area contributed by atoms with Crippen LogP contribution >= 0.6 is 0 Å². The molecule has 6 nitrogen and oxygen atoms in total. The summed E-state index contributed by atoms with van der Waals surface area (Å²) in [4.78, 5) is 21.2. The molecule has 1 unspecified atom stereocenters. The van der Waals surface area contributed by atoms with Crippen LogP contribution in [-0.2, 0) is 4.79 Å². The van der Waals surface area contributed by atoms with Crippen LogP contribution in [0.4, 0.5) is 0 Å². The quantitative estimate of drug-likeness (QED) is 0.723. The number of nitrogens with zero attached hydrogens (tertiary/aromatic N) is 2. The first-order chi connectivity index (χ1) is 13.1. The van der Waals surface area contributed by atoms with Crippen molar-refractivity contribution in [2.24, 2.45) is 5.92 Å². The van der Waals surface area contributed by atoms with E-state index in [0.29, 0.717) is 29.8 Å². The molecule has 6 heteroatoms. The minimum Gasteiger partial charge on any atom is -0.493 e. The smallest absolute Gasteiger partial charge is 0.244 e. The van der Waals surface area contributed by atoms with Crippen LogP contribution in [-0.4, -0.2) is 29.6 Å².